The second-order valence-corrected chi connectivity index (χ2v) is 4.88. The molecule has 6 heteroatoms. The molecule has 1 heterocycles. The Bertz CT molecular complexity index is 675. The van der Waals surface area contributed by atoms with Gasteiger partial charge in [0.15, 0.2) is 6.23 Å². The van der Waals surface area contributed by atoms with E-state index in [4.69, 9.17) is 9.57 Å². The average molecular weight is 302 g/mol. The SMILES string of the molecule is COC(=O)c1cccc(C2NOC(c3ccc(F)cc3)N2)c1. The van der Waals surface area contributed by atoms with Crippen LogP contribution in [0.25, 0.3) is 0 Å². The minimum Gasteiger partial charge on any atom is -0.465 e. The molecule has 114 valence electrons. The van der Waals surface area contributed by atoms with E-state index in [1.165, 1.54) is 19.2 Å². The minimum absolute atomic E-state index is 0.278. The summed E-state index contributed by atoms with van der Waals surface area (Å²) in [5.41, 5.74) is 4.98. The van der Waals surface area contributed by atoms with Gasteiger partial charge in [0, 0.05) is 0 Å². The number of hydrogen-bond acceptors (Lipinski definition) is 5. The first-order chi connectivity index (χ1) is 10.7. The molecule has 22 heavy (non-hydrogen) atoms. The third-order valence-electron chi connectivity index (χ3n) is 3.44. The Kier molecular flexibility index (Phi) is 4.15. The molecule has 2 unspecified atom stereocenters. The third kappa shape index (κ3) is 2.99. The van der Waals surface area contributed by atoms with E-state index in [1.807, 2.05) is 6.07 Å². The van der Waals surface area contributed by atoms with Crippen molar-refractivity contribution in [2.45, 2.75) is 12.4 Å². The Labute approximate surface area is 127 Å². The first kappa shape index (κ1) is 14.6. The van der Waals surface area contributed by atoms with E-state index in [0.717, 1.165) is 11.1 Å². The molecule has 0 bridgehead atoms. The zero-order chi connectivity index (χ0) is 15.5. The van der Waals surface area contributed by atoms with Crippen LogP contribution >= 0.6 is 0 Å². The summed E-state index contributed by atoms with van der Waals surface area (Å²) in [6.07, 6.45) is -0.674. The second kappa shape index (κ2) is 6.23. The molecule has 1 aliphatic heterocycles. The minimum atomic E-state index is -0.396. The van der Waals surface area contributed by atoms with Gasteiger partial charge in [0.05, 0.1) is 12.7 Å². The number of nitrogens with one attached hydrogen (secondary N) is 2. The van der Waals surface area contributed by atoms with Crippen LogP contribution < -0.4 is 10.8 Å². The fourth-order valence-electron chi connectivity index (χ4n) is 2.28. The van der Waals surface area contributed by atoms with Gasteiger partial charge < -0.3 is 4.74 Å². The standard InChI is InChI=1S/C16H15FN2O3/c1-21-16(20)12-4-2-3-11(9-12)14-18-15(22-19-14)10-5-7-13(17)8-6-10/h2-9,14-15,18-19H,1H3. The van der Waals surface area contributed by atoms with E-state index in [9.17, 15) is 9.18 Å². The van der Waals surface area contributed by atoms with Crippen LogP contribution in [0.1, 0.15) is 33.9 Å². The summed E-state index contributed by atoms with van der Waals surface area (Å²) in [6, 6.07) is 13.1. The van der Waals surface area contributed by atoms with Crippen molar-refractivity contribution in [2.75, 3.05) is 7.11 Å². The Morgan fingerprint density at radius 2 is 1.95 bits per heavy atom. The molecule has 2 aromatic rings. The average Bonchev–Trinajstić information content (AvgIpc) is 3.05. The predicted octanol–water partition coefficient (Wildman–Crippen LogP) is 2.43. The maximum Gasteiger partial charge on any atom is 0.337 e. The monoisotopic (exact) mass is 302 g/mol. The van der Waals surface area contributed by atoms with Crippen LogP contribution in [0, 0.1) is 5.82 Å². The van der Waals surface area contributed by atoms with Gasteiger partial charge in [0.1, 0.15) is 12.0 Å². The van der Waals surface area contributed by atoms with Crippen LogP contribution in [-0.2, 0) is 9.57 Å². The van der Waals surface area contributed by atoms with E-state index in [1.54, 1.807) is 30.3 Å². The normalized spacial score (nSPS) is 20.8. The summed E-state index contributed by atoms with van der Waals surface area (Å²) in [5.74, 6) is -0.687. The van der Waals surface area contributed by atoms with E-state index in [2.05, 4.69) is 10.8 Å². The molecule has 1 saturated heterocycles. The molecule has 2 atom stereocenters. The lowest BCUT2D eigenvalue weighted by Crippen LogP contribution is -2.22. The Balaban J connectivity index is 1.75. The highest BCUT2D eigenvalue weighted by Gasteiger charge is 2.27. The number of benzene rings is 2. The van der Waals surface area contributed by atoms with Crippen molar-refractivity contribution in [1.82, 2.24) is 10.8 Å². The number of hydrogen-bond donors (Lipinski definition) is 2. The number of methoxy groups -OCH3 is 1. The van der Waals surface area contributed by atoms with Crippen molar-refractivity contribution in [3.63, 3.8) is 0 Å². The molecule has 5 nitrogen and oxygen atoms in total. The summed E-state index contributed by atoms with van der Waals surface area (Å²) in [4.78, 5) is 17.0. The number of carbonyl (C=O) groups is 1. The van der Waals surface area contributed by atoms with Gasteiger partial charge in [-0.25, -0.2) is 9.18 Å². The van der Waals surface area contributed by atoms with Crippen molar-refractivity contribution in [3.8, 4) is 0 Å². The summed E-state index contributed by atoms with van der Waals surface area (Å²) >= 11 is 0. The van der Waals surface area contributed by atoms with Crippen molar-refractivity contribution in [3.05, 3.63) is 71.0 Å². The van der Waals surface area contributed by atoms with Crippen molar-refractivity contribution < 1.29 is 18.8 Å². The molecule has 0 radical (unpaired) electrons. The van der Waals surface area contributed by atoms with Gasteiger partial charge in [-0.3, -0.25) is 10.2 Å². The number of rotatable bonds is 3. The molecule has 2 N–H and O–H groups in total. The fraction of sp³-hybridized carbons (Fsp3) is 0.188. The highest BCUT2D eigenvalue weighted by Crippen LogP contribution is 2.25. The summed E-state index contributed by atoms with van der Waals surface area (Å²) in [5, 5.41) is 3.22. The van der Waals surface area contributed by atoms with E-state index in [-0.39, 0.29) is 12.0 Å². The zero-order valence-corrected chi connectivity index (χ0v) is 11.9. The maximum absolute atomic E-state index is 12.9. The first-order valence-corrected chi connectivity index (χ1v) is 6.78. The second-order valence-electron chi connectivity index (χ2n) is 4.88. The Morgan fingerprint density at radius 1 is 1.18 bits per heavy atom. The van der Waals surface area contributed by atoms with Gasteiger partial charge in [0.2, 0.25) is 0 Å². The number of ether oxygens (including phenoxy) is 1. The van der Waals surface area contributed by atoms with Crippen LogP contribution in [0.5, 0.6) is 0 Å². The summed E-state index contributed by atoms with van der Waals surface area (Å²) in [6.45, 7) is 0. The van der Waals surface area contributed by atoms with Crippen molar-refractivity contribution >= 4 is 5.97 Å². The fourth-order valence-corrected chi connectivity index (χ4v) is 2.28. The van der Waals surface area contributed by atoms with Crippen molar-refractivity contribution in [1.29, 1.82) is 0 Å². The molecule has 0 amide bonds. The molecule has 0 saturated carbocycles. The highest BCUT2D eigenvalue weighted by molar-refractivity contribution is 5.89. The van der Waals surface area contributed by atoms with E-state index < -0.39 is 12.2 Å². The lowest BCUT2D eigenvalue weighted by molar-refractivity contribution is 0.0214. The predicted molar refractivity (Wildman–Crippen MR) is 77.0 cm³/mol. The molecular formula is C16H15FN2O3. The van der Waals surface area contributed by atoms with Gasteiger partial charge in [-0.15, -0.1) is 0 Å². The topological polar surface area (TPSA) is 59.6 Å². The number of halogens is 1. The molecule has 0 aliphatic carbocycles. The quantitative estimate of drug-likeness (QED) is 0.853. The Morgan fingerprint density at radius 3 is 2.68 bits per heavy atom. The van der Waals surface area contributed by atoms with Crippen LogP contribution in [0.4, 0.5) is 4.39 Å². The highest BCUT2D eigenvalue weighted by atomic mass is 19.1. The summed E-state index contributed by atoms with van der Waals surface area (Å²) in [7, 11) is 1.34. The lowest BCUT2D eigenvalue weighted by atomic mass is 10.1. The van der Waals surface area contributed by atoms with Crippen LogP contribution in [0.15, 0.2) is 48.5 Å². The Hall–Kier alpha value is -2.28. The lowest BCUT2D eigenvalue weighted by Gasteiger charge is -2.12. The third-order valence-corrected chi connectivity index (χ3v) is 3.44. The summed E-state index contributed by atoms with van der Waals surface area (Å²) < 4.78 is 17.7. The van der Waals surface area contributed by atoms with Gasteiger partial charge >= 0.3 is 5.97 Å². The van der Waals surface area contributed by atoms with Crippen LogP contribution in [-0.4, -0.2) is 13.1 Å². The number of hydroxylamine groups is 1. The molecule has 1 fully saturated rings. The molecule has 1 aliphatic rings. The first-order valence-electron chi connectivity index (χ1n) is 6.78. The van der Waals surface area contributed by atoms with E-state index >= 15 is 0 Å². The largest absolute Gasteiger partial charge is 0.465 e. The zero-order valence-electron chi connectivity index (χ0n) is 11.9. The van der Waals surface area contributed by atoms with E-state index in [0.29, 0.717) is 5.56 Å². The van der Waals surface area contributed by atoms with Gasteiger partial charge in [-0.05, 0) is 35.4 Å². The molecule has 2 aromatic carbocycles. The van der Waals surface area contributed by atoms with Gasteiger partial charge in [-0.2, -0.15) is 5.48 Å². The molecule has 0 spiro atoms. The molecule has 3 rings (SSSR count). The maximum atomic E-state index is 12.9. The van der Waals surface area contributed by atoms with Gasteiger partial charge in [-0.1, -0.05) is 24.3 Å². The van der Waals surface area contributed by atoms with Crippen LogP contribution in [0.2, 0.25) is 0 Å². The smallest absolute Gasteiger partial charge is 0.337 e. The van der Waals surface area contributed by atoms with Crippen LogP contribution in [0.3, 0.4) is 0 Å². The van der Waals surface area contributed by atoms with Gasteiger partial charge in [0.25, 0.3) is 0 Å². The molecule has 0 aromatic heterocycles. The number of carbonyl (C=O) groups excluding carboxylic acids is 1. The number of esters is 1. The van der Waals surface area contributed by atoms with Crippen molar-refractivity contribution in [2.24, 2.45) is 0 Å². The molecular weight excluding hydrogens is 287 g/mol.